The van der Waals surface area contributed by atoms with Crippen molar-refractivity contribution >= 4 is 6.03 Å². The molecular formula is C21H24N2O2. The molecule has 0 saturated heterocycles. The monoisotopic (exact) mass is 336 g/mol. The van der Waals surface area contributed by atoms with Gasteiger partial charge in [0.15, 0.2) is 0 Å². The molecule has 0 atom stereocenters. The van der Waals surface area contributed by atoms with Crippen LogP contribution in [0, 0.1) is 5.92 Å². The summed E-state index contributed by atoms with van der Waals surface area (Å²) in [5.74, 6) is 0.250. The van der Waals surface area contributed by atoms with E-state index in [1.165, 1.54) is 0 Å². The van der Waals surface area contributed by atoms with E-state index in [4.69, 9.17) is 0 Å². The van der Waals surface area contributed by atoms with Crippen LogP contribution >= 0.6 is 0 Å². The fourth-order valence-corrected chi connectivity index (χ4v) is 3.19. The van der Waals surface area contributed by atoms with Gasteiger partial charge in [-0.05, 0) is 22.6 Å². The van der Waals surface area contributed by atoms with Crippen LogP contribution in [0.25, 0.3) is 0 Å². The van der Waals surface area contributed by atoms with Crippen LogP contribution < -0.4 is 0 Å². The summed E-state index contributed by atoms with van der Waals surface area (Å²) >= 11 is 0. The highest BCUT2D eigenvalue weighted by Gasteiger charge is 2.32. The van der Waals surface area contributed by atoms with E-state index in [0.717, 1.165) is 27.5 Å². The van der Waals surface area contributed by atoms with Crippen LogP contribution in [0.5, 0.6) is 0 Å². The van der Waals surface area contributed by atoms with Gasteiger partial charge in [-0.1, -0.05) is 74.5 Å². The maximum absolute atomic E-state index is 12.7. The Kier molecular flexibility index (Phi) is 5.19. The summed E-state index contributed by atoms with van der Waals surface area (Å²) in [5.41, 5.74) is 4.30. The molecule has 0 unspecified atom stereocenters. The average Bonchev–Trinajstić information content (AvgIpc) is 2.62. The maximum Gasteiger partial charge on any atom is 0.348 e. The molecule has 1 heterocycles. The number of nitrogens with zero attached hydrogens (tertiary/aromatic N) is 2. The number of hydroxylamine groups is 2. The lowest BCUT2D eigenvalue weighted by molar-refractivity contribution is -0.0552. The zero-order chi connectivity index (χ0) is 17.8. The molecule has 0 aliphatic carbocycles. The summed E-state index contributed by atoms with van der Waals surface area (Å²) in [7, 11) is 0. The topological polar surface area (TPSA) is 43.8 Å². The summed E-state index contributed by atoms with van der Waals surface area (Å²) in [6, 6.07) is 19.7. The van der Waals surface area contributed by atoms with Crippen LogP contribution in [0.15, 0.2) is 71.9 Å². The summed E-state index contributed by atoms with van der Waals surface area (Å²) in [6.07, 6.45) is 0.681. The zero-order valence-electron chi connectivity index (χ0n) is 14.7. The Balaban J connectivity index is 2.00. The smallest absolute Gasteiger partial charge is 0.292 e. The molecule has 2 amide bonds. The molecule has 2 aromatic rings. The van der Waals surface area contributed by atoms with Gasteiger partial charge in [-0.2, -0.15) is 0 Å². The van der Waals surface area contributed by atoms with Gasteiger partial charge in [-0.15, -0.1) is 0 Å². The molecule has 0 saturated carbocycles. The Morgan fingerprint density at radius 3 is 2.08 bits per heavy atom. The highest BCUT2D eigenvalue weighted by Crippen LogP contribution is 2.29. The van der Waals surface area contributed by atoms with Crippen molar-refractivity contribution in [3.05, 3.63) is 83.1 Å². The van der Waals surface area contributed by atoms with Gasteiger partial charge in [0.05, 0.1) is 13.1 Å². The quantitative estimate of drug-likeness (QED) is 0.819. The molecule has 2 aromatic carbocycles. The van der Waals surface area contributed by atoms with Crippen LogP contribution in [-0.4, -0.2) is 27.7 Å². The second-order valence-corrected chi connectivity index (χ2v) is 6.70. The summed E-state index contributed by atoms with van der Waals surface area (Å²) in [6.45, 7) is 4.92. The van der Waals surface area contributed by atoms with Crippen molar-refractivity contribution in [2.24, 2.45) is 5.92 Å². The molecule has 0 spiro atoms. The second-order valence-electron chi connectivity index (χ2n) is 6.70. The fraction of sp³-hybridized carbons (Fsp3) is 0.286. The van der Waals surface area contributed by atoms with Gasteiger partial charge in [-0.3, -0.25) is 10.1 Å². The van der Waals surface area contributed by atoms with Crippen molar-refractivity contribution in [3.63, 3.8) is 0 Å². The van der Waals surface area contributed by atoms with Crippen molar-refractivity contribution in [2.75, 3.05) is 6.54 Å². The Labute approximate surface area is 149 Å². The highest BCUT2D eigenvalue weighted by molar-refractivity contribution is 5.77. The predicted molar refractivity (Wildman–Crippen MR) is 97.9 cm³/mol. The molecule has 4 nitrogen and oxygen atoms in total. The largest absolute Gasteiger partial charge is 0.348 e. The molecule has 3 rings (SSSR count). The molecule has 0 aromatic heterocycles. The number of rotatable bonds is 5. The number of benzene rings is 2. The molecule has 4 heteroatoms. The molecule has 130 valence electrons. The third kappa shape index (κ3) is 3.91. The Hall–Kier alpha value is -2.59. The fourth-order valence-electron chi connectivity index (χ4n) is 3.19. The van der Waals surface area contributed by atoms with Crippen LogP contribution in [0.1, 0.15) is 25.0 Å². The van der Waals surface area contributed by atoms with E-state index < -0.39 is 0 Å². The van der Waals surface area contributed by atoms with Gasteiger partial charge in [0, 0.05) is 12.1 Å². The highest BCUT2D eigenvalue weighted by atomic mass is 16.5. The van der Waals surface area contributed by atoms with Crippen molar-refractivity contribution in [3.8, 4) is 0 Å². The number of amides is 2. The Bertz CT molecular complexity index is 754. The molecule has 1 aliphatic heterocycles. The third-order valence-corrected chi connectivity index (χ3v) is 4.56. The first kappa shape index (κ1) is 17.2. The molecular weight excluding hydrogens is 312 g/mol. The summed E-state index contributed by atoms with van der Waals surface area (Å²) in [4.78, 5) is 14.4. The zero-order valence-corrected chi connectivity index (χ0v) is 14.7. The van der Waals surface area contributed by atoms with Gasteiger partial charge < -0.3 is 0 Å². The van der Waals surface area contributed by atoms with Gasteiger partial charge in [-0.25, -0.2) is 9.86 Å². The standard InChI is InChI=1S/C21H24N2O2/c1-16(2)19-15-23(25)21(24)22(14-18-11-7-4-8-12-18)20(19)13-17-9-5-3-6-10-17/h3-12,16,25H,13-15H2,1-2H3. The first-order valence-corrected chi connectivity index (χ1v) is 8.64. The van der Waals surface area contributed by atoms with E-state index in [2.05, 4.69) is 26.0 Å². The first-order chi connectivity index (χ1) is 12.1. The lowest BCUT2D eigenvalue weighted by Crippen LogP contribution is -2.47. The number of hydrogen-bond donors (Lipinski definition) is 1. The van der Waals surface area contributed by atoms with Crippen molar-refractivity contribution in [2.45, 2.75) is 26.8 Å². The minimum absolute atomic E-state index is 0.250. The molecule has 1 N–H and O–H groups in total. The van der Waals surface area contributed by atoms with Gasteiger partial charge in [0.25, 0.3) is 0 Å². The van der Waals surface area contributed by atoms with E-state index in [-0.39, 0.29) is 18.5 Å². The van der Waals surface area contributed by atoms with Crippen LogP contribution in [0.3, 0.4) is 0 Å². The van der Waals surface area contributed by atoms with Crippen LogP contribution in [0.4, 0.5) is 4.79 Å². The van der Waals surface area contributed by atoms with Crippen molar-refractivity contribution in [1.82, 2.24) is 9.96 Å². The van der Waals surface area contributed by atoms with Crippen LogP contribution in [-0.2, 0) is 13.0 Å². The number of hydrogen-bond acceptors (Lipinski definition) is 2. The maximum atomic E-state index is 12.7. The number of carbonyl (C=O) groups excluding carboxylic acids is 1. The average molecular weight is 336 g/mol. The minimum atomic E-state index is -0.362. The van der Waals surface area contributed by atoms with E-state index >= 15 is 0 Å². The SMILES string of the molecule is CC(C)C1=C(Cc2ccccc2)N(Cc2ccccc2)C(=O)N(O)C1. The van der Waals surface area contributed by atoms with E-state index in [9.17, 15) is 10.0 Å². The number of carbonyl (C=O) groups is 1. The molecule has 25 heavy (non-hydrogen) atoms. The van der Waals surface area contributed by atoms with Crippen molar-refractivity contribution < 1.29 is 10.0 Å². The van der Waals surface area contributed by atoms with Gasteiger partial charge in [0.2, 0.25) is 0 Å². The summed E-state index contributed by atoms with van der Waals surface area (Å²) in [5, 5.41) is 11.0. The number of allylic oxidation sites excluding steroid dienone is 1. The minimum Gasteiger partial charge on any atom is -0.292 e. The second kappa shape index (κ2) is 7.53. The predicted octanol–water partition coefficient (Wildman–Crippen LogP) is 4.47. The van der Waals surface area contributed by atoms with Crippen molar-refractivity contribution in [1.29, 1.82) is 0 Å². The molecule has 0 fully saturated rings. The molecule has 0 radical (unpaired) electrons. The first-order valence-electron chi connectivity index (χ1n) is 8.64. The molecule has 0 bridgehead atoms. The van der Waals surface area contributed by atoms with Crippen LogP contribution in [0.2, 0.25) is 0 Å². The number of urea groups is 1. The Morgan fingerprint density at radius 1 is 0.960 bits per heavy atom. The lowest BCUT2D eigenvalue weighted by atomic mass is 9.94. The summed E-state index contributed by atoms with van der Waals surface area (Å²) < 4.78 is 0. The molecule has 1 aliphatic rings. The normalized spacial score (nSPS) is 15.3. The van der Waals surface area contributed by atoms with Gasteiger partial charge >= 0.3 is 6.03 Å². The Morgan fingerprint density at radius 2 is 1.52 bits per heavy atom. The van der Waals surface area contributed by atoms with E-state index in [0.29, 0.717) is 13.0 Å². The lowest BCUT2D eigenvalue weighted by Gasteiger charge is -2.37. The third-order valence-electron chi connectivity index (χ3n) is 4.56. The van der Waals surface area contributed by atoms with E-state index in [1.807, 2.05) is 48.5 Å². The van der Waals surface area contributed by atoms with Gasteiger partial charge in [0.1, 0.15) is 0 Å². The van der Waals surface area contributed by atoms with E-state index in [1.54, 1.807) is 4.90 Å².